The summed E-state index contributed by atoms with van der Waals surface area (Å²) in [6.45, 7) is 1.35. The van der Waals surface area contributed by atoms with E-state index >= 15 is 0 Å². The molecule has 40 heavy (non-hydrogen) atoms. The zero-order valence-electron chi connectivity index (χ0n) is 22.1. The van der Waals surface area contributed by atoms with E-state index in [1.54, 1.807) is 37.0 Å². The highest BCUT2D eigenvalue weighted by Gasteiger charge is 2.33. The summed E-state index contributed by atoms with van der Waals surface area (Å²) >= 11 is 4.80. The highest BCUT2D eigenvalue weighted by atomic mass is 79.9. The first-order valence-corrected chi connectivity index (χ1v) is 14.3. The van der Waals surface area contributed by atoms with Gasteiger partial charge in [-0.2, -0.15) is 0 Å². The van der Waals surface area contributed by atoms with Crippen LogP contribution >= 0.6 is 27.3 Å². The number of carbonyl (C=O) groups is 1. The van der Waals surface area contributed by atoms with Crippen LogP contribution < -0.4 is 29.1 Å². The van der Waals surface area contributed by atoms with Gasteiger partial charge in [0.2, 0.25) is 0 Å². The summed E-state index contributed by atoms with van der Waals surface area (Å²) in [5, 5.41) is 0. The lowest BCUT2D eigenvalue weighted by molar-refractivity contribution is -0.131. The summed E-state index contributed by atoms with van der Waals surface area (Å²) in [5.74, 6) is 1.16. The second kappa shape index (κ2) is 10.6. The zero-order chi connectivity index (χ0) is 28.0. The molecular formula is C31H25BrN2O5S. The fourth-order valence-corrected chi connectivity index (χ4v) is 6.74. The molecule has 0 N–H and O–H groups in total. The molecule has 1 aliphatic carbocycles. The third kappa shape index (κ3) is 4.59. The maximum atomic E-state index is 14.1. The van der Waals surface area contributed by atoms with E-state index in [9.17, 15) is 9.59 Å². The average Bonchev–Trinajstić information content (AvgIpc) is 3.26. The van der Waals surface area contributed by atoms with Gasteiger partial charge >= 0.3 is 5.97 Å². The minimum absolute atomic E-state index is 0.164. The molecule has 1 aliphatic heterocycles. The number of thiazole rings is 1. The summed E-state index contributed by atoms with van der Waals surface area (Å²) in [5.41, 5.74) is 5.71. The van der Waals surface area contributed by atoms with Crippen LogP contribution in [0.1, 0.15) is 41.6 Å². The van der Waals surface area contributed by atoms with Crippen molar-refractivity contribution in [3.8, 4) is 17.2 Å². The normalized spacial score (nSPS) is 16.0. The predicted octanol–water partition coefficient (Wildman–Crippen LogP) is 5.02. The van der Waals surface area contributed by atoms with Gasteiger partial charge in [0.05, 0.1) is 30.5 Å². The molecule has 9 heteroatoms. The van der Waals surface area contributed by atoms with E-state index < -0.39 is 5.97 Å². The Kier molecular flexibility index (Phi) is 6.93. The lowest BCUT2D eigenvalue weighted by atomic mass is 9.83. The van der Waals surface area contributed by atoms with Gasteiger partial charge in [-0.15, -0.1) is 0 Å². The van der Waals surface area contributed by atoms with E-state index in [1.807, 2.05) is 36.4 Å². The molecule has 0 radical (unpaired) electrons. The molecule has 4 aromatic rings. The molecule has 0 unspecified atom stereocenters. The minimum atomic E-state index is -0.432. The number of ether oxygens (including phenoxy) is 3. The Balaban J connectivity index is 1.61. The molecule has 3 aromatic carbocycles. The van der Waals surface area contributed by atoms with Gasteiger partial charge in [0, 0.05) is 22.5 Å². The van der Waals surface area contributed by atoms with Crippen LogP contribution in [0.15, 0.2) is 80.5 Å². The molecule has 1 atom stereocenters. The van der Waals surface area contributed by atoms with Crippen molar-refractivity contribution in [1.82, 2.24) is 4.57 Å². The first kappa shape index (κ1) is 26.3. The van der Waals surface area contributed by atoms with Crippen molar-refractivity contribution < 1.29 is 19.0 Å². The quantitative estimate of drug-likeness (QED) is 0.232. The number of hydrogen-bond acceptors (Lipinski definition) is 7. The molecule has 0 spiro atoms. The summed E-state index contributed by atoms with van der Waals surface area (Å²) in [4.78, 5) is 31.5. The number of esters is 1. The monoisotopic (exact) mass is 616 g/mol. The van der Waals surface area contributed by atoms with Gasteiger partial charge in [-0.1, -0.05) is 57.6 Å². The number of allylic oxidation sites excluding steroid dienone is 1. The SMILES string of the molecule is COc1ccc([C@H]2C3=C(N=c4s/c(=C/c5cc(Br)ccc5OC(C)=O)c(=O)n42)c2ccccc2CC3)cc1OC. The molecule has 0 bridgehead atoms. The van der Waals surface area contributed by atoms with Gasteiger partial charge in [-0.05, 0) is 65.9 Å². The molecule has 0 fully saturated rings. The minimum Gasteiger partial charge on any atom is -0.493 e. The van der Waals surface area contributed by atoms with Crippen LogP contribution in [0, 0.1) is 0 Å². The second-order valence-electron chi connectivity index (χ2n) is 9.50. The van der Waals surface area contributed by atoms with Gasteiger partial charge in [0.15, 0.2) is 16.3 Å². The second-order valence-corrected chi connectivity index (χ2v) is 11.4. The van der Waals surface area contributed by atoms with Crippen LogP contribution in [0.4, 0.5) is 0 Å². The van der Waals surface area contributed by atoms with Crippen molar-refractivity contribution in [2.75, 3.05) is 14.2 Å². The van der Waals surface area contributed by atoms with Gasteiger partial charge in [0.1, 0.15) is 5.75 Å². The molecule has 6 rings (SSSR count). The Morgan fingerprint density at radius 1 is 1.02 bits per heavy atom. The van der Waals surface area contributed by atoms with E-state index in [4.69, 9.17) is 19.2 Å². The van der Waals surface area contributed by atoms with Gasteiger partial charge in [-0.25, -0.2) is 4.99 Å². The van der Waals surface area contributed by atoms with Crippen LogP contribution in [0.2, 0.25) is 0 Å². The number of aryl methyl sites for hydroxylation is 1. The molecule has 0 amide bonds. The van der Waals surface area contributed by atoms with Gasteiger partial charge in [0.25, 0.3) is 5.56 Å². The van der Waals surface area contributed by atoms with E-state index in [-0.39, 0.29) is 11.6 Å². The summed E-state index contributed by atoms with van der Waals surface area (Å²) in [7, 11) is 3.21. The zero-order valence-corrected chi connectivity index (χ0v) is 24.5. The largest absolute Gasteiger partial charge is 0.493 e. The van der Waals surface area contributed by atoms with Crippen molar-refractivity contribution in [1.29, 1.82) is 0 Å². The number of benzene rings is 3. The molecule has 2 aliphatic rings. The Morgan fingerprint density at radius 3 is 2.58 bits per heavy atom. The summed E-state index contributed by atoms with van der Waals surface area (Å²) in [6.07, 6.45) is 3.40. The van der Waals surface area contributed by atoms with Crippen LogP contribution in [0.5, 0.6) is 17.2 Å². The molecule has 0 saturated carbocycles. The highest BCUT2D eigenvalue weighted by molar-refractivity contribution is 9.10. The van der Waals surface area contributed by atoms with Crippen LogP contribution in [0.25, 0.3) is 11.8 Å². The summed E-state index contributed by atoms with van der Waals surface area (Å²) < 4.78 is 19.6. The Morgan fingerprint density at radius 2 is 1.80 bits per heavy atom. The van der Waals surface area contributed by atoms with E-state index in [0.29, 0.717) is 32.1 Å². The van der Waals surface area contributed by atoms with Crippen molar-refractivity contribution in [2.45, 2.75) is 25.8 Å². The Labute approximate surface area is 242 Å². The Hall–Kier alpha value is -3.95. The van der Waals surface area contributed by atoms with E-state index in [1.165, 1.54) is 23.8 Å². The standard InChI is InChI=1S/C31H25BrN2O5S/c1-17(35)39-24-13-10-21(32)14-20(24)16-27-30(36)34-29(19-9-12-25(37-2)26(15-19)38-3)23-11-8-18-6-4-5-7-22(18)28(23)33-31(34)40-27/h4-7,9-10,12-16,29H,8,11H2,1-3H3/b27-16+/t29-/m0/s1. The number of aromatic nitrogens is 1. The van der Waals surface area contributed by atoms with Crippen molar-refractivity contribution >= 4 is 45.0 Å². The maximum absolute atomic E-state index is 14.1. The average molecular weight is 618 g/mol. The number of halogens is 1. The lowest BCUT2D eigenvalue weighted by Crippen LogP contribution is -2.38. The molecule has 202 valence electrons. The van der Waals surface area contributed by atoms with Crippen LogP contribution in [-0.2, 0) is 11.2 Å². The predicted molar refractivity (Wildman–Crippen MR) is 158 cm³/mol. The number of rotatable bonds is 5. The number of nitrogens with zero attached hydrogens (tertiary/aromatic N) is 2. The lowest BCUT2D eigenvalue weighted by Gasteiger charge is -2.31. The number of fused-ring (bicyclic) bond motifs is 3. The van der Waals surface area contributed by atoms with Crippen molar-refractivity contribution in [3.63, 3.8) is 0 Å². The highest BCUT2D eigenvalue weighted by Crippen LogP contribution is 2.42. The smallest absolute Gasteiger partial charge is 0.308 e. The van der Waals surface area contributed by atoms with Crippen molar-refractivity contribution in [3.05, 3.63) is 113 Å². The molecular weight excluding hydrogens is 592 g/mol. The van der Waals surface area contributed by atoms with Gasteiger partial charge in [-0.3, -0.25) is 14.2 Å². The first-order valence-electron chi connectivity index (χ1n) is 12.7. The first-order chi connectivity index (χ1) is 19.4. The fraction of sp³-hybridized carbons (Fsp3) is 0.194. The molecule has 7 nitrogen and oxygen atoms in total. The molecule has 0 saturated heterocycles. The summed E-state index contributed by atoms with van der Waals surface area (Å²) in [6, 6.07) is 19.0. The van der Waals surface area contributed by atoms with Gasteiger partial charge < -0.3 is 14.2 Å². The van der Waals surface area contributed by atoms with E-state index in [0.717, 1.165) is 39.7 Å². The number of hydrogen-bond donors (Lipinski definition) is 0. The Bertz CT molecular complexity index is 1890. The third-order valence-corrected chi connectivity index (χ3v) is 8.58. The fourth-order valence-electron chi connectivity index (χ4n) is 5.37. The number of methoxy groups -OCH3 is 2. The number of carbonyl (C=O) groups excluding carboxylic acids is 1. The molecule has 1 aromatic heterocycles. The maximum Gasteiger partial charge on any atom is 0.308 e. The van der Waals surface area contributed by atoms with E-state index in [2.05, 4.69) is 28.1 Å². The topological polar surface area (TPSA) is 79.1 Å². The van der Waals surface area contributed by atoms with Crippen molar-refractivity contribution in [2.24, 2.45) is 4.99 Å². The third-order valence-electron chi connectivity index (χ3n) is 7.11. The van der Waals surface area contributed by atoms with Crippen LogP contribution in [-0.4, -0.2) is 24.8 Å². The van der Waals surface area contributed by atoms with Crippen LogP contribution in [0.3, 0.4) is 0 Å². The molecule has 2 heterocycles.